The molecule has 0 unspecified atom stereocenters. The minimum absolute atomic E-state index is 0.0622. The lowest BCUT2D eigenvalue weighted by atomic mass is 10.1. The molecule has 3 aromatic carbocycles. The van der Waals surface area contributed by atoms with Crippen molar-refractivity contribution in [2.24, 2.45) is 21.7 Å². The minimum atomic E-state index is -0.0622. The van der Waals surface area contributed by atoms with Gasteiger partial charge in [0.2, 0.25) is 5.96 Å². The minimum Gasteiger partial charge on any atom is -0.369 e. The van der Waals surface area contributed by atoms with Gasteiger partial charge in [-0.05, 0) is 55.8 Å². The third kappa shape index (κ3) is 4.73. The van der Waals surface area contributed by atoms with E-state index >= 15 is 0 Å². The Morgan fingerprint density at radius 2 is 1.11 bits per heavy atom. The SMILES string of the molecule is Cc1ccc(N(c2ccc(C)cc2)c2ccc(C=NN=C(N)N)cc2)cc1. The molecule has 136 valence electrons. The number of rotatable bonds is 5. The first-order chi connectivity index (χ1) is 13.0. The summed E-state index contributed by atoms with van der Waals surface area (Å²) in [7, 11) is 0. The van der Waals surface area contributed by atoms with Gasteiger partial charge in [-0.1, -0.05) is 47.5 Å². The van der Waals surface area contributed by atoms with Gasteiger partial charge in [0, 0.05) is 17.1 Å². The van der Waals surface area contributed by atoms with Crippen molar-refractivity contribution >= 4 is 29.2 Å². The van der Waals surface area contributed by atoms with Gasteiger partial charge in [0.25, 0.3) is 0 Å². The molecule has 0 radical (unpaired) electrons. The number of nitrogens with two attached hydrogens (primary N) is 2. The van der Waals surface area contributed by atoms with Gasteiger partial charge >= 0.3 is 0 Å². The van der Waals surface area contributed by atoms with Crippen LogP contribution in [0.3, 0.4) is 0 Å². The Kier molecular flexibility index (Phi) is 5.52. The fraction of sp³-hybridized carbons (Fsp3) is 0.0909. The molecule has 0 spiro atoms. The Balaban J connectivity index is 1.97. The van der Waals surface area contributed by atoms with Crippen molar-refractivity contribution in [3.05, 3.63) is 89.5 Å². The van der Waals surface area contributed by atoms with E-state index in [2.05, 4.69) is 89.6 Å². The Morgan fingerprint density at radius 3 is 1.52 bits per heavy atom. The van der Waals surface area contributed by atoms with E-state index in [9.17, 15) is 0 Å². The lowest BCUT2D eigenvalue weighted by Crippen LogP contribution is -2.21. The number of guanidine groups is 1. The molecule has 0 aliphatic carbocycles. The van der Waals surface area contributed by atoms with Crippen molar-refractivity contribution in [2.75, 3.05) is 4.90 Å². The number of aryl methyl sites for hydroxylation is 2. The lowest BCUT2D eigenvalue weighted by molar-refractivity contribution is 1.21. The van der Waals surface area contributed by atoms with Crippen LogP contribution in [0.25, 0.3) is 0 Å². The topological polar surface area (TPSA) is 80.0 Å². The van der Waals surface area contributed by atoms with Crippen molar-refractivity contribution in [2.45, 2.75) is 13.8 Å². The largest absolute Gasteiger partial charge is 0.369 e. The fourth-order valence-electron chi connectivity index (χ4n) is 2.71. The second-order valence-corrected chi connectivity index (χ2v) is 6.37. The zero-order valence-corrected chi connectivity index (χ0v) is 15.5. The summed E-state index contributed by atoms with van der Waals surface area (Å²) in [6.07, 6.45) is 1.62. The summed E-state index contributed by atoms with van der Waals surface area (Å²) in [5, 5.41) is 7.47. The number of nitrogens with zero attached hydrogens (tertiary/aromatic N) is 3. The molecule has 0 atom stereocenters. The fourth-order valence-corrected chi connectivity index (χ4v) is 2.71. The molecule has 5 nitrogen and oxygen atoms in total. The predicted octanol–water partition coefficient (Wildman–Crippen LogP) is 4.38. The van der Waals surface area contributed by atoms with Gasteiger partial charge in [0.05, 0.1) is 6.21 Å². The van der Waals surface area contributed by atoms with Crippen LogP contribution in [0.4, 0.5) is 17.1 Å². The maximum absolute atomic E-state index is 5.28. The van der Waals surface area contributed by atoms with Crippen LogP contribution in [0.15, 0.2) is 83.0 Å². The first kappa shape index (κ1) is 18.2. The molecule has 3 rings (SSSR count). The monoisotopic (exact) mass is 357 g/mol. The van der Waals surface area contributed by atoms with Crippen LogP contribution < -0.4 is 16.4 Å². The highest BCUT2D eigenvalue weighted by Gasteiger charge is 2.12. The molecule has 0 amide bonds. The third-order valence-corrected chi connectivity index (χ3v) is 4.12. The van der Waals surface area contributed by atoms with Gasteiger partial charge in [-0.2, -0.15) is 5.10 Å². The van der Waals surface area contributed by atoms with Crippen LogP contribution in [0.5, 0.6) is 0 Å². The highest BCUT2D eigenvalue weighted by atomic mass is 15.3. The van der Waals surface area contributed by atoms with Crippen LogP contribution in [0.2, 0.25) is 0 Å². The number of hydrogen-bond acceptors (Lipinski definition) is 3. The van der Waals surface area contributed by atoms with Crippen LogP contribution in [-0.2, 0) is 0 Å². The Labute approximate surface area is 159 Å². The molecular weight excluding hydrogens is 334 g/mol. The average molecular weight is 357 g/mol. The van der Waals surface area contributed by atoms with E-state index in [4.69, 9.17) is 11.5 Å². The first-order valence-corrected chi connectivity index (χ1v) is 8.68. The van der Waals surface area contributed by atoms with E-state index < -0.39 is 0 Å². The van der Waals surface area contributed by atoms with Gasteiger partial charge < -0.3 is 16.4 Å². The molecule has 0 aliphatic heterocycles. The second-order valence-electron chi connectivity index (χ2n) is 6.37. The summed E-state index contributed by atoms with van der Waals surface area (Å²) < 4.78 is 0. The Hall–Kier alpha value is -3.60. The molecule has 0 bridgehead atoms. The molecule has 4 N–H and O–H groups in total. The summed E-state index contributed by atoms with van der Waals surface area (Å²) in [6, 6.07) is 25.1. The Morgan fingerprint density at radius 1 is 0.704 bits per heavy atom. The smallest absolute Gasteiger partial charge is 0.211 e. The van der Waals surface area contributed by atoms with Crippen LogP contribution in [-0.4, -0.2) is 12.2 Å². The highest BCUT2D eigenvalue weighted by molar-refractivity contribution is 5.83. The van der Waals surface area contributed by atoms with Crippen molar-refractivity contribution in [1.29, 1.82) is 0 Å². The van der Waals surface area contributed by atoms with Crippen LogP contribution in [0.1, 0.15) is 16.7 Å². The molecule has 0 aliphatic rings. The molecule has 5 heteroatoms. The van der Waals surface area contributed by atoms with E-state index in [1.54, 1.807) is 6.21 Å². The van der Waals surface area contributed by atoms with E-state index in [0.29, 0.717) is 0 Å². The van der Waals surface area contributed by atoms with Crippen molar-refractivity contribution in [3.8, 4) is 0 Å². The van der Waals surface area contributed by atoms with E-state index in [1.165, 1.54) is 11.1 Å². The van der Waals surface area contributed by atoms with Crippen LogP contribution >= 0.6 is 0 Å². The van der Waals surface area contributed by atoms with E-state index in [1.807, 2.05) is 12.1 Å². The lowest BCUT2D eigenvalue weighted by Gasteiger charge is -2.25. The zero-order valence-electron chi connectivity index (χ0n) is 15.5. The predicted molar refractivity (Wildman–Crippen MR) is 114 cm³/mol. The maximum Gasteiger partial charge on any atom is 0.211 e. The van der Waals surface area contributed by atoms with Gasteiger partial charge in [-0.25, -0.2) is 0 Å². The summed E-state index contributed by atoms with van der Waals surface area (Å²) >= 11 is 0. The normalized spacial score (nSPS) is 10.7. The molecule has 0 saturated heterocycles. The maximum atomic E-state index is 5.28. The third-order valence-electron chi connectivity index (χ3n) is 4.12. The van der Waals surface area contributed by atoms with Gasteiger partial charge in [-0.3, -0.25) is 0 Å². The van der Waals surface area contributed by atoms with Crippen molar-refractivity contribution < 1.29 is 0 Å². The molecule has 0 aromatic heterocycles. The molecule has 3 aromatic rings. The number of benzene rings is 3. The van der Waals surface area contributed by atoms with Gasteiger partial charge in [0.1, 0.15) is 0 Å². The summed E-state index contributed by atoms with van der Waals surface area (Å²) in [5.74, 6) is -0.0622. The molecule has 0 heterocycles. The summed E-state index contributed by atoms with van der Waals surface area (Å²) in [4.78, 5) is 2.22. The van der Waals surface area contributed by atoms with Crippen LogP contribution in [0, 0.1) is 13.8 Å². The molecule has 27 heavy (non-hydrogen) atoms. The van der Waals surface area contributed by atoms with E-state index in [0.717, 1.165) is 22.6 Å². The summed E-state index contributed by atoms with van der Waals surface area (Å²) in [5.41, 5.74) is 17.2. The van der Waals surface area contributed by atoms with Crippen molar-refractivity contribution in [3.63, 3.8) is 0 Å². The van der Waals surface area contributed by atoms with Gasteiger partial charge in [-0.15, -0.1) is 5.10 Å². The van der Waals surface area contributed by atoms with E-state index in [-0.39, 0.29) is 5.96 Å². The Bertz CT molecular complexity index is 890. The number of hydrogen-bond donors (Lipinski definition) is 2. The first-order valence-electron chi connectivity index (χ1n) is 8.68. The molecular formula is C22H23N5. The molecule has 0 fully saturated rings. The zero-order chi connectivity index (χ0) is 19.2. The van der Waals surface area contributed by atoms with Crippen molar-refractivity contribution in [1.82, 2.24) is 0 Å². The van der Waals surface area contributed by atoms with Gasteiger partial charge in [0.15, 0.2) is 0 Å². The average Bonchev–Trinajstić information content (AvgIpc) is 2.66. The highest BCUT2D eigenvalue weighted by Crippen LogP contribution is 2.34. The second kappa shape index (κ2) is 8.19. The quantitative estimate of drug-likeness (QED) is 0.404. The molecule has 0 saturated carbocycles. The summed E-state index contributed by atoms with van der Waals surface area (Å²) in [6.45, 7) is 4.18. The number of anilines is 3. The standard InChI is InChI=1S/C22H23N5/c1-16-3-9-19(10-4-16)27(20-11-5-17(2)6-12-20)21-13-7-18(8-14-21)15-25-26-22(23)24/h3-15H,1-2H3,(H4,23,24,26).